The zero-order valence-corrected chi connectivity index (χ0v) is 19.2. The van der Waals surface area contributed by atoms with Crippen molar-refractivity contribution >= 4 is 41.0 Å². The van der Waals surface area contributed by atoms with Crippen LogP contribution in [0.15, 0.2) is 29.5 Å². The third-order valence-corrected chi connectivity index (χ3v) is 6.35. The molecule has 7 nitrogen and oxygen atoms in total. The Morgan fingerprint density at radius 3 is 2.50 bits per heavy atom. The molecule has 0 aliphatic carbocycles. The number of carbonyl (C=O) groups excluding carboxylic acids is 3. The minimum Gasteiger partial charge on any atom is -0.342 e. The van der Waals surface area contributed by atoms with Gasteiger partial charge in [0, 0.05) is 29.7 Å². The van der Waals surface area contributed by atoms with E-state index in [0.29, 0.717) is 33.4 Å². The molecule has 0 bridgehead atoms. The molecule has 2 heterocycles. The predicted molar refractivity (Wildman–Crippen MR) is 116 cm³/mol. The average molecular weight is 453 g/mol. The normalized spacial score (nSPS) is 19.9. The Kier molecular flexibility index (Phi) is 6.34. The summed E-state index contributed by atoms with van der Waals surface area (Å²) in [5.41, 5.74) is 1.63. The summed E-state index contributed by atoms with van der Waals surface area (Å²) >= 11 is 12.4. The van der Waals surface area contributed by atoms with Crippen molar-refractivity contribution in [2.45, 2.75) is 45.8 Å². The van der Waals surface area contributed by atoms with Gasteiger partial charge >= 0.3 is 6.03 Å². The Morgan fingerprint density at radius 1 is 1.27 bits per heavy atom. The lowest BCUT2D eigenvalue weighted by molar-refractivity contribution is -0.142. The van der Waals surface area contributed by atoms with Gasteiger partial charge < -0.3 is 15.1 Å². The Labute approximate surface area is 186 Å². The number of halogens is 2. The molecule has 0 spiro atoms. The maximum Gasteiger partial charge on any atom is 0.322 e. The van der Waals surface area contributed by atoms with Crippen LogP contribution >= 0.6 is 23.2 Å². The second-order valence-corrected chi connectivity index (χ2v) is 8.65. The average Bonchev–Trinajstić information content (AvgIpc) is 3.03. The third-order valence-electron chi connectivity index (χ3n) is 5.79. The standard InChI is InChI=1S/C21H26Cl2N4O3/c1-6-26-16-10-27(12(4)19(28)25(5)11(2)3)20(29)17(16)18(24-21(26)30)14-8-7-13(22)9-15(14)23/h7-9,11-12,18H,6,10H2,1-5H3,(H,24,30)/t12-,18+/m0/s1. The molecule has 9 heteroatoms. The van der Waals surface area contributed by atoms with Gasteiger partial charge in [-0.25, -0.2) is 4.79 Å². The van der Waals surface area contributed by atoms with Crippen LogP contribution < -0.4 is 5.32 Å². The summed E-state index contributed by atoms with van der Waals surface area (Å²) in [6.07, 6.45) is 0. The number of carbonyl (C=O) groups is 3. The van der Waals surface area contributed by atoms with E-state index in [9.17, 15) is 14.4 Å². The van der Waals surface area contributed by atoms with E-state index in [1.54, 1.807) is 37.1 Å². The number of nitrogens with one attached hydrogen (secondary N) is 1. The molecule has 2 aliphatic rings. The summed E-state index contributed by atoms with van der Waals surface area (Å²) in [6.45, 7) is 7.98. The summed E-state index contributed by atoms with van der Waals surface area (Å²) in [7, 11) is 1.72. The smallest absolute Gasteiger partial charge is 0.322 e. The van der Waals surface area contributed by atoms with E-state index in [0.717, 1.165) is 0 Å². The Hall–Kier alpha value is -2.25. The lowest BCUT2D eigenvalue weighted by Crippen LogP contribution is -2.49. The number of hydrogen-bond donors (Lipinski definition) is 1. The third kappa shape index (κ3) is 3.76. The number of rotatable bonds is 5. The van der Waals surface area contributed by atoms with Crippen LogP contribution in [0.3, 0.4) is 0 Å². The zero-order chi connectivity index (χ0) is 22.3. The molecule has 3 rings (SSSR count). The van der Waals surface area contributed by atoms with Crippen LogP contribution in [-0.2, 0) is 9.59 Å². The van der Waals surface area contributed by atoms with Gasteiger partial charge in [0.1, 0.15) is 6.04 Å². The minimum atomic E-state index is -0.706. The Morgan fingerprint density at radius 2 is 1.93 bits per heavy atom. The van der Waals surface area contributed by atoms with Crippen LogP contribution in [0, 0.1) is 0 Å². The zero-order valence-electron chi connectivity index (χ0n) is 17.7. The van der Waals surface area contributed by atoms with Crippen molar-refractivity contribution in [3.05, 3.63) is 45.1 Å². The van der Waals surface area contributed by atoms with Gasteiger partial charge in [0.05, 0.1) is 23.9 Å². The van der Waals surface area contributed by atoms with Crippen molar-refractivity contribution in [2.75, 3.05) is 20.1 Å². The summed E-state index contributed by atoms with van der Waals surface area (Å²) in [4.78, 5) is 43.7. The first-order chi connectivity index (χ1) is 14.1. The van der Waals surface area contributed by atoms with Gasteiger partial charge in [-0.2, -0.15) is 0 Å². The highest BCUT2D eigenvalue weighted by atomic mass is 35.5. The van der Waals surface area contributed by atoms with Crippen LogP contribution in [0.1, 0.15) is 39.3 Å². The lowest BCUT2D eigenvalue weighted by Gasteiger charge is -2.33. The molecular weight excluding hydrogens is 427 g/mol. The van der Waals surface area contributed by atoms with Gasteiger partial charge in [-0.1, -0.05) is 29.3 Å². The molecular formula is C21H26Cl2N4O3. The highest BCUT2D eigenvalue weighted by Crippen LogP contribution is 2.39. The minimum absolute atomic E-state index is 0.0104. The molecule has 30 heavy (non-hydrogen) atoms. The molecule has 0 fully saturated rings. The molecule has 0 unspecified atom stereocenters. The molecule has 1 aromatic rings. The SMILES string of the molecule is CCN1C(=O)N[C@H](c2ccc(Cl)cc2Cl)C2=C1CN([C@@H](C)C(=O)N(C)C(C)C)C2=O. The van der Waals surface area contributed by atoms with Gasteiger partial charge in [0.15, 0.2) is 0 Å². The van der Waals surface area contributed by atoms with Crippen molar-refractivity contribution < 1.29 is 14.4 Å². The first-order valence-electron chi connectivity index (χ1n) is 9.92. The molecule has 1 aromatic carbocycles. The number of amides is 4. The van der Waals surface area contributed by atoms with Crippen LogP contribution in [-0.4, -0.2) is 64.8 Å². The Bertz CT molecular complexity index is 931. The van der Waals surface area contributed by atoms with Gasteiger partial charge in [0.25, 0.3) is 5.91 Å². The van der Waals surface area contributed by atoms with Crippen molar-refractivity contribution in [1.82, 2.24) is 20.0 Å². The van der Waals surface area contributed by atoms with Crippen molar-refractivity contribution in [1.29, 1.82) is 0 Å². The predicted octanol–water partition coefficient (Wildman–Crippen LogP) is 3.43. The highest BCUT2D eigenvalue weighted by molar-refractivity contribution is 6.35. The fourth-order valence-electron chi connectivity index (χ4n) is 3.81. The van der Waals surface area contributed by atoms with E-state index in [1.807, 2.05) is 20.8 Å². The molecule has 1 N–H and O–H groups in total. The summed E-state index contributed by atoms with van der Waals surface area (Å²) < 4.78 is 0. The maximum atomic E-state index is 13.5. The summed E-state index contributed by atoms with van der Waals surface area (Å²) in [5, 5.41) is 3.71. The fraction of sp³-hybridized carbons (Fsp3) is 0.476. The quantitative estimate of drug-likeness (QED) is 0.743. The number of hydrogen-bond acceptors (Lipinski definition) is 3. The number of benzene rings is 1. The second-order valence-electron chi connectivity index (χ2n) is 7.80. The maximum absolute atomic E-state index is 13.5. The van der Waals surface area contributed by atoms with E-state index in [-0.39, 0.29) is 30.4 Å². The molecule has 0 saturated carbocycles. The van der Waals surface area contributed by atoms with Crippen LogP contribution in [0.2, 0.25) is 10.0 Å². The van der Waals surface area contributed by atoms with Gasteiger partial charge in [0.2, 0.25) is 5.91 Å². The van der Waals surface area contributed by atoms with Crippen LogP contribution in [0.4, 0.5) is 4.79 Å². The van der Waals surface area contributed by atoms with Crippen molar-refractivity contribution in [2.24, 2.45) is 0 Å². The van der Waals surface area contributed by atoms with Crippen LogP contribution in [0.25, 0.3) is 0 Å². The first kappa shape index (κ1) is 22.4. The molecule has 0 radical (unpaired) electrons. The number of nitrogens with zero attached hydrogens (tertiary/aromatic N) is 3. The Balaban J connectivity index is 2.01. The highest BCUT2D eigenvalue weighted by Gasteiger charge is 2.46. The van der Waals surface area contributed by atoms with Crippen molar-refractivity contribution in [3.8, 4) is 0 Å². The number of likely N-dealkylation sites (N-methyl/N-ethyl adjacent to an activating group) is 2. The van der Waals surface area contributed by atoms with Gasteiger partial charge in [-0.3, -0.25) is 14.5 Å². The van der Waals surface area contributed by atoms with E-state index in [2.05, 4.69) is 5.32 Å². The number of urea groups is 1. The van der Waals surface area contributed by atoms with E-state index < -0.39 is 12.1 Å². The molecule has 2 atom stereocenters. The van der Waals surface area contributed by atoms with E-state index in [4.69, 9.17) is 23.2 Å². The molecule has 2 aliphatic heterocycles. The largest absolute Gasteiger partial charge is 0.342 e. The van der Waals surface area contributed by atoms with Gasteiger partial charge in [-0.05, 0) is 45.4 Å². The topological polar surface area (TPSA) is 73.0 Å². The monoisotopic (exact) mass is 452 g/mol. The molecule has 4 amide bonds. The van der Waals surface area contributed by atoms with E-state index in [1.165, 1.54) is 9.80 Å². The first-order valence-corrected chi connectivity index (χ1v) is 10.7. The van der Waals surface area contributed by atoms with Crippen LogP contribution in [0.5, 0.6) is 0 Å². The molecule has 0 saturated heterocycles. The summed E-state index contributed by atoms with van der Waals surface area (Å²) in [5.74, 6) is -0.431. The molecule has 0 aromatic heterocycles. The molecule has 162 valence electrons. The van der Waals surface area contributed by atoms with Crippen molar-refractivity contribution in [3.63, 3.8) is 0 Å². The second kappa shape index (κ2) is 8.47. The van der Waals surface area contributed by atoms with E-state index >= 15 is 0 Å². The lowest BCUT2D eigenvalue weighted by atomic mass is 9.95. The fourth-order valence-corrected chi connectivity index (χ4v) is 4.33. The van der Waals surface area contributed by atoms with Gasteiger partial charge in [-0.15, -0.1) is 0 Å². The summed E-state index contributed by atoms with van der Waals surface area (Å²) in [6, 6.07) is 3.30.